The number of benzene rings is 1. The van der Waals surface area contributed by atoms with Crippen molar-refractivity contribution in [1.29, 1.82) is 0 Å². The van der Waals surface area contributed by atoms with Crippen molar-refractivity contribution < 1.29 is 9.13 Å². The molecule has 1 aromatic rings. The largest absolute Gasteiger partial charge is 0.383 e. The van der Waals surface area contributed by atoms with Crippen LogP contribution < -0.4 is 5.73 Å². The van der Waals surface area contributed by atoms with E-state index >= 15 is 0 Å². The van der Waals surface area contributed by atoms with Gasteiger partial charge in [-0.05, 0) is 25.0 Å². The maximum Gasteiger partial charge on any atom is 0.128 e. The Morgan fingerprint density at radius 2 is 2.16 bits per heavy atom. The Kier molecular flexibility index (Phi) is 6.99. The van der Waals surface area contributed by atoms with E-state index in [2.05, 4.69) is 18.7 Å². The third-order valence-electron chi connectivity index (χ3n) is 3.52. The summed E-state index contributed by atoms with van der Waals surface area (Å²) in [5, 5.41) is 0. The first-order valence-electron chi connectivity index (χ1n) is 6.82. The standard InChI is InChI=1S/C15H25FN2O/c1-4-12(2)18(7-8-19-3)11-14-6-5-13(10-17)9-15(14)16/h5-6,9,12H,4,7-8,10-11,17H2,1-3H3. The van der Waals surface area contributed by atoms with Crippen LogP contribution in [-0.4, -0.2) is 31.2 Å². The molecule has 4 heteroatoms. The molecule has 0 heterocycles. The molecule has 1 unspecified atom stereocenters. The highest BCUT2D eigenvalue weighted by Gasteiger charge is 2.14. The lowest BCUT2D eigenvalue weighted by Gasteiger charge is -2.28. The van der Waals surface area contributed by atoms with E-state index < -0.39 is 0 Å². The number of rotatable bonds is 8. The Labute approximate surface area is 115 Å². The van der Waals surface area contributed by atoms with Crippen molar-refractivity contribution in [3.63, 3.8) is 0 Å². The topological polar surface area (TPSA) is 38.5 Å². The zero-order valence-corrected chi connectivity index (χ0v) is 12.2. The summed E-state index contributed by atoms with van der Waals surface area (Å²) < 4.78 is 19.1. The first-order chi connectivity index (χ1) is 9.12. The SMILES string of the molecule is CCC(C)N(CCOC)Cc1ccc(CN)cc1F. The van der Waals surface area contributed by atoms with Gasteiger partial charge in [-0.2, -0.15) is 0 Å². The van der Waals surface area contributed by atoms with Crippen molar-refractivity contribution in [2.75, 3.05) is 20.3 Å². The zero-order chi connectivity index (χ0) is 14.3. The average Bonchev–Trinajstić information content (AvgIpc) is 2.43. The van der Waals surface area contributed by atoms with Crippen LogP contribution in [0.15, 0.2) is 18.2 Å². The van der Waals surface area contributed by atoms with E-state index in [0.29, 0.717) is 31.3 Å². The number of hydrogen-bond acceptors (Lipinski definition) is 3. The van der Waals surface area contributed by atoms with Gasteiger partial charge in [0, 0.05) is 38.3 Å². The molecule has 0 aliphatic heterocycles. The maximum absolute atomic E-state index is 14.0. The van der Waals surface area contributed by atoms with Gasteiger partial charge in [-0.25, -0.2) is 4.39 Å². The van der Waals surface area contributed by atoms with Crippen molar-refractivity contribution in [1.82, 2.24) is 4.90 Å². The lowest BCUT2D eigenvalue weighted by atomic mass is 10.1. The summed E-state index contributed by atoms with van der Waals surface area (Å²) in [5.74, 6) is -0.173. The van der Waals surface area contributed by atoms with Gasteiger partial charge in [0.15, 0.2) is 0 Å². The van der Waals surface area contributed by atoms with Crippen LogP contribution >= 0.6 is 0 Å². The van der Waals surface area contributed by atoms with Crippen molar-refractivity contribution in [3.05, 3.63) is 35.1 Å². The molecule has 108 valence electrons. The molecule has 0 amide bonds. The molecule has 3 nitrogen and oxygen atoms in total. The Hall–Kier alpha value is -0.970. The van der Waals surface area contributed by atoms with Crippen molar-refractivity contribution in [2.24, 2.45) is 5.73 Å². The fourth-order valence-electron chi connectivity index (χ4n) is 1.99. The van der Waals surface area contributed by atoms with Crippen molar-refractivity contribution in [3.8, 4) is 0 Å². The Balaban J connectivity index is 2.77. The van der Waals surface area contributed by atoms with E-state index in [1.165, 1.54) is 6.07 Å². The number of methoxy groups -OCH3 is 1. The first-order valence-corrected chi connectivity index (χ1v) is 6.82. The zero-order valence-electron chi connectivity index (χ0n) is 12.2. The predicted octanol–water partition coefficient (Wildman–Crippen LogP) is 2.53. The molecule has 0 radical (unpaired) electrons. The Morgan fingerprint density at radius 3 is 2.68 bits per heavy atom. The quantitative estimate of drug-likeness (QED) is 0.787. The summed E-state index contributed by atoms with van der Waals surface area (Å²) in [6, 6.07) is 5.66. The van der Waals surface area contributed by atoms with Gasteiger partial charge in [-0.1, -0.05) is 19.1 Å². The molecule has 0 saturated carbocycles. The van der Waals surface area contributed by atoms with Crippen LogP contribution in [-0.2, 0) is 17.8 Å². The molecule has 0 aromatic heterocycles. The second kappa shape index (κ2) is 8.25. The van der Waals surface area contributed by atoms with Crippen LogP contribution in [0.4, 0.5) is 4.39 Å². The molecule has 0 saturated heterocycles. The van der Waals surface area contributed by atoms with Gasteiger partial charge in [0.1, 0.15) is 5.82 Å². The Bertz CT molecular complexity index is 384. The second-order valence-electron chi connectivity index (χ2n) is 4.85. The molecule has 1 aromatic carbocycles. The van der Waals surface area contributed by atoms with Crippen LogP contribution in [0.5, 0.6) is 0 Å². The van der Waals surface area contributed by atoms with Crippen LogP contribution in [0, 0.1) is 5.82 Å². The first kappa shape index (κ1) is 16.1. The number of hydrogen-bond donors (Lipinski definition) is 1. The highest BCUT2D eigenvalue weighted by atomic mass is 19.1. The molecule has 0 aliphatic rings. The molecule has 0 aliphatic carbocycles. The molecule has 0 spiro atoms. The molecule has 1 atom stereocenters. The van der Waals surface area contributed by atoms with Crippen LogP contribution in [0.1, 0.15) is 31.4 Å². The molecular weight excluding hydrogens is 243 g/mol. The predicted molar refractivity (Wildman–Crippen MR) is 76.3 cm³/mol. The minimum atomic E-state index is -0.173. The Morgan fingerprint density at radius 1 is 1.42 bits per heavy atom. The molecular formula is C15H25FN2O. The lowest BCUT2D eigenvalue weighted by Crippen LogP contribution is -2.35. The fraction of sp³-hybridized carbons (Fsp3) is 0.600. The highest BCUT2D eigenvalue weighted by Crippen LogP contribution is 2.15. The third-order valence-corrected chi connectivity index (χ3v) is 3.52. The summed E-state index contributed by atoms with van der Waals surface area (Å²) >= 11 is 0. The second-order valence-corrected chi connectivity index (χ2v) is 4.85. The van der Waals surface area contributed by atoms with Gasteiger partial charge >= 0.3 is 0 Å². The summed E-state index contributed by atoms with van der Waals surface area (Å²) in [5.41, 5.74) is 7.06. The van der Waals surface area contributed by atoms with Crippen LogP contribution in [0.2, 0.25) is 0 Å². The van der Waals surface area contributed by atoms with E-state index in [1.807, 2.05) is 12.1 Å². The van der Waals surface area contributed by atoms with Gasteiger partial charge in [0.25, 0.3) is 0 Å². The van der Waals surface area contributed by atoms with E-state index in [0.717, 1.165) is 18.5 Å². The number of ether oxygens (including phenoxy) is 1. The van der Waals surface area contributed by atoms with Crippen molar-refractivity contribution >= 4 is 0 Å². The molecule has 1 rings (SSSR count). The number of halogens is 1. The maximum atomic E-state index is 14.0. The molecule has 19 heavy (non-hydrogen) atoms. The minimum Gasteiger partial charge on any atom is -0.383 e. The van der Waals surface area contributed by atoms with Gasteiger partial charge in [0.2, 0.25) is 0 Å². The van der Waals surface area contributed by atoms with Crippen LogP contribution in [0.3, 0.4) is 0 Å². The monoisotopic (exact) mass is 268 g/mol. The van der Waals surface area contributed by atoms with E-state index in [9.17, 15) is 4.39 Å². The lowest BCUT2D eigenvalue weighted by molar-refractivity contribution is 0.117. The van der Waals surface area contributed by atoms with E-state index in [4.69, 9.17) is 10.5 Å². The summed E-state index contributed by atoms with van der Waals surface area (Å²) in [6.07, 6.45) is 1.03. The summed E-state index contributed by atoms with van der Waals surface area (Å²) in [4.78, 5) is 2.24. The smallest absolute Gasteiger partial charge is 0.128 e. The van der Waals surface area contributed by atoms with Gasteiger partial charge in [-0.3, -0.25) is 4.90 Å². The van der Waals surface area contributed by atoms with Gasteiger partial charge in [0.05, 0.1) is 6.61 Å². The average molecular weight is 268 g/mol. The van der Waals surface area contributed by atoms with Crippen LogP contribution in [0.25, 0.3) is 0 Å². The van der Waals surface area contributed by atoms with Gasteiger partial charge in [-0.15, -0.1) is 0 Å². The fourth-order valence-corrected chi connectivity index (χ4v) is 1.99. The number of nitrogens with two attached hydrogens (primary N) is 1. The minimum absolute atomic E-state index is 0.173. The van der Waals surface area contributed by atoms with Crippen molar-refractivity contribution in [2.45, 2.75) is 39.4 Å². The van der Waals surface area contributed by atoms with E-state index in [-0.39, 0.29) is 5.82 Å². The third kappa shape index (κ3) is 4.90. The normalized spacial score (nSPS) is 12.9. The molecule has 2 N–H and O–H groups in total. The van der Waals surface area contributed by atoms with E-state index in [1.54, 1.807) is 7.11 Å². The summed E-state index contributed by atoms with van der Waals surface area (Å²) in [7, 11) is 1.69. The molecule has 0 bridgehead atoms. The number of nitrogens with zero attached hydrogens (tertiary/aromatic N) is 1. The van der Waals surface area contributed by atoms with Gasteiger partial charge < -0.3 is 10.5 Å². The highest BCUT2D eigenvalue weighted by molar-refractivity contribution is 5.24. The molecule has 0 fully saturated rings. The summed E-state index contributed by atoms with van der Waals surface area (Å²) in [6.45, 7) is 6.74.